The van der Waals surface area contributed by atoms with Gasteiger partial charge in [-0.05, 0) is 12.3 Å². The lowest BCUT2D eigenvalue weighted by Gasteiger charge is -2.21. The molecule has 1 aliphatic rings. The molecule has 3 nitrogen and oxygen atoms in total. The second-order valence-corrected chi connectivity index (χ2v) is 6.36. The largest absolute Gasteiger partial charge is 0.507 e. The summed E-state index contributed by atoms with van der Waals surface area (Å²) < 4.78 is 0. The normalized spacial score (nSPS) is 15.7. The topological polar surface area (TPSA) is 54.4 Å². The van der Waals surface area contributed by atoms with Crippen LogP contribution < -0.4 is 0 Å². The molecule has 124 valence electrons. The van der Waals surface area contributed by atoms with Crippen molar-refractivity contribution >= 4 is 17.3 Å². The zero-order valence-corrected chi connectivity index (χ0v) is 14.1. The quantitative estimate of drug-likeness (QED) is 0.536. The highest BCUT2D eigenvalue weighted by Gasteiger charge is 2.33. The molecule has 0 bridgehead atoms. The molecule has 0 aliphatic heterocycles. The molecular formula is C20H26O3. The van der Waals surface area contributed by atoms with Crippen LogP contribution in [-0.2, 0) is 4.79 Å². The fourth-order valence-electron chi connectivity index (χ4n) is 3.21. The summed E-state index contributed by atoms with van der Waals surface area (Å²) in [5.41, 5.74) is 1.11. The van der Waals surface area contributed by atoms with Gasteiger partial charge in [-0.1, -0.05) is 76.6 Å². The molecule has 1 unspecified atom stereocenters. The van der Waals surface area contributed by atoms with Gasteiger partial charge in [0.1, 0.15) is 5.76 Å². The Kier molecular flexibility index (Phi) is 6.14. The third kappa shape index (κ3) is 3.90. The number of ketones is 2. The van der Waals surface area contributed by atoms with E-state index in [-0.39, 0.29) is 5.76 Å². The van der Waals surface area contributed by atoms with E-state index in [0.29, 0.717) is 29.0 Å². The molecule has 0 heterocycles. The van der Waals surface area contributed by atoms with Crippen LogP contribution in [0.1, 0.15) is 74.7 Å². The second kappa shape index (κ2) is 8.09. The van der Waals surface area contributed by atoms with Crippen LogP contribution in [0.3, 0.4) is 0 Å². The molecule has 1 aromatic carbocycles. The van der Waals surface area contributed by atoms with E-state index in [2.05, 4.69) is 13.8 Å². The lowest BCUT2D eigenvalue weighted by Crippen LogP contribution is -2.25. The Morgan fingerprint density at radius 2 is 1.65 bits per heavy atom. The third-order valence-corrected chi connectivity index (χ3v) is 4.73. The van der Waals surface area contributed by atoms with E-state index in [0.717, 1.165) is 19.3 Å². The first-order valence-corrected chi connectivity index (χ1v) is 8.70. The van der Waals surface area contributed by atoms with Gasteiger partial charge in [0.15, 0.2) is 0 Å². The standard InChI is InChI=1S/C20H26O3/c1-3-5-6-7-10-14(4-2)13-17-18(21)15-11-8-9-12-16(15)19(22)20(17)23/h8-9,11-12,14,21H,3-7,10,13H2,1-2H3. The fraction of sp³-hybridized carbons (Fsp3) is 0.500. The third-order valence-electron chi connectivity index (χ3n) is 4.73. The van der Waals surface area contributed by atoms with Crippen molar-refractivity contribution in [2.24, 2.45) is 5.92 Å². The van der Waals surface area contributed by atoms with Crippen molar-refractivity contribution in [1.82, 2.24) is 0 Å². The van der Waals surface area contributed by atoms with Crippen molar-refractivity contribution in [3.8, 4) is 0 Å². The van der Waals surface area contributed by atoms with Gasteiger partial charge in [-0.25, -0.2) is 0 Å². The summed E-state index contributed by atoms with van der Waals surface area (Å²) in [6.07, 6.45) is 7.25. The number of Topliss-reactive ketones (excluding diaryl/α,β-unsaturated/α-hetero) is 2. The fourth-order valence-corrected chi connectivity index (χ4v) is 3.21. The van der Waals surface area contributed by atoms with Crippen LogP contribution in [0.2, 0.25) is 0 Å². The van der Waals surface area contributed by atoms with Gasteiger partial charge in [0.25, 0.3) is 0 Å². The van der Waals surface area contributed by atoms with Crippen molar-refractivity contribution in [2.75, 3.05) is 0 Å². The molecule has 2 rings (SSSR count). The maximum atomic E-state index is 12.4. The maximum absolute atomic E-state index is 12.4. The van der Waals surface area contributed by atoms with Crippen LogP contribution in [0, 0.1) is 5.92 Å². The molecule has 0 radical (unpaired) electrons. The number of carbonyl (C=O) groups excluding carboxylic acids is 2. The van der Waals surface area contributed by atoms with E-state index >= 15 is 0 Å². The first-order valence-electron chi connectivity index (χ1n) is 8.70. The molecular weight excluding hydrogens is 288 g/mol. The maximum Gasteiger partial charge on any atom is 0.234 e. The van der Waals surface area contributed by atoms with Gasteiger partial charge in [0.05, 0.1) is 0 Å². The molecule has 1 atom stereocenters. The van der Waals surface area contributed by atoms with Crippen molar-refractivity contribution in [3.63, 3.8) is 0 Å². The van der Waals surface area contributed by atoms with Crippen molar-refractivity contribution in [3.05, 3.63) is 41.0 Å². The lowest BCUT2D eigenvalue weighted by molar-refractivity contribution is -0.112. The van der Waals surface area contributed by atoms with Gasteiger partial charge < -0.3 is 5.11 Å². The summed E-state index contributed by atoms with van der Waals surface area (Å²) in [7, 11) is 0. The summed E-state index contributed by atoms with van der Waals surface area (Å²) in [6, 6.07) is 6.80. The number of carbonyl (C=O) groups is 2. The molecule has 0 spiro atoms. The number of unbranched alkanes of at least 4 members (excludes halogenated alkanes) is 3. The summed E-state index contributed by atoms with van der Waals surface area (Å²) in [5.74, 6) is -0.689. The zero-order chi connectivity index (χ0) is 16.8. The summed E-state index contributed by atoms with van der Waals surface area (Å²) >= 11 is 0. The molecule has 1 aromatic rings. The lowest BCUT2D eigenvalue weighted by atomic mass is 9.82. The number of fused-ring (bicyclic) bond motifs is 1. The highest BCUT2D eigenvalue weighted by molar-refractivity contribution is 6.52. The number of benzene rings is 1. The van der Waals surface area contributed by atoms with Crippen molar-refractivity contribution in [2.45, 2.75) is 58.8 Å². The van der Waals surface area contributed by atoms with E-state index in [9.17, 15) is 14.7 Å². The highest BCUT2D eigenvalue weighted by Crippen LogP contribution is 2.33. The predicted molar refractivity (Wildman–Crippen MR) is 92.5 cm³/mol. The average molecular weight is 314 g/mol. The van der Waals surface area contributed by atoms with Gasteiger partial charge >= 0.3 is 0 Å². The Balaban J connectivity index is 2.17. The van der Waals surface area contributed by atoms with Crippen LogP contribution in [-0.4, -0.2) is 16.7 Å². The van der Waals surface area contributed by atoms with E-state index < -0.39 is 11.6 Å². The predicted octanol–water partition coefficient (Wildman–Crippen LogP) is 5.11. The number of hydrogen-bond donors (Lipinski definition) is 1. The van der Waals surface area contributed by atoms with E-state index in [1.807, 2.05) is 0 Å². The van der Waals surface area contributed by atoms with Gasteiger partial charge in [-0.2, -0.15) is 0 Å². The Bertz CT molecular complexity index is 613. The Hall–Kier alpha value is -1.90. The Morgan fingerprint density at radius 1 is 0.957 bits per heavy atom. The van der Waals surface area contributed by atoms with Crippen LogP contribution in [0.25, 0.3) is 5.76 Å². The highest BCUT2D eigenvalue weighted by atomic mass is 16.3. The molecule has 1 aliphatic carbocycles. The monoisotopic (exact) mass is 314 g/mol. The van der Waals surface area contributed by atoms with Crippen molar-refractivity contribution in [1.29, 1.82) is 0 Å². The smallest absolute Gasteiger partial charge is 0.234 e. The van der Waals surface area contributed by atoms with Gasteiger partial charge in [0, 0.05) is 16.7 Å². The van der Waals surface area contributed by atoms with Crippen LogP contribution in [0.5, 0.6) is 0 Å². The van der Waals surface area contributed by atoms with Crippen molar-refractivity contribution < 1.29 is 14.7 Å². The zero-order valence-electron chi connectivity index (χ0n) is 14.1. The molecule has 0 saturated heterocycles. The number of aliphatic hydroxyl groups excluding tert-OH is 1. The number of rotatable bonds is 8. The van der Waals surface area contributed by atoms with E-state index in [4.69, 9.17) is 0 Å². The van der Waals surface area contributed by atoms with E-state index in [1.165, 1.54) is 19.3 Å². The molecule has 23 heavy (non-hydrogen) atoms. The minimum Gasteiger partial charge on any atom is -0.507 e. The SMILES string of the molecule is CCCCCCC(CC)CC1=C(O)c2ccccc2C(=O)C1=O. The molecule has 0 fully saturated rings. The second-order valence-electron chi connectivity index (χ2n) is 6.36. The van der Waals surface area contributed by atoms with E-state index in [1.54, 1.807) is 24.3 Å². The summed E-state index contributed by atoms with van der Waals surface area (Å²) in [4.78, 5) is 24.6. The Labute approximate surface area is 138 Å². The first-order chi connectivity index (χ1) is 11.1. The molecule has 0 amide bonds. The van der Waals surface area contributed by atoms with Crippen LogP contribution in [0.15, 0.2) is 29.8 Å². The minimum atomic E-state index is -0.534. The number of allylic oxidation sites excluding steroid dienone is 1. The van der Waals surface area contributed by atoms with Crippen LogP contribution >= 0.6 is 0 Å². The van der Waals surface area contributed by atoms with Gasteiger partial charge in [-0.15, -0.1) is 0 Å². The summed E-state index contributed by atoms with van der Waals surface area (Å²) in [6.45, 7) is 4.29. The summed E-state index contributed by atoms with van der Waals surface area (Å²) in [5, 5.41) is 10.5. The molecule has 0 saturated carbocycles. The molecule has 0 aromatic heterocycles. The van der Waals surface area contributed by atoms with Gasteiger partial charge in [-0.3, -0.25) is 9.59 Å². The number of aliphatic hydroxyl groups is 1. The average Bonchev–Trinajstić information content (AvgIpc) is 2.58. The number of hydrogen-bond acceptors (Lipinski definition) is 3. The minimum absolute atomic E-state index is 0.00259. The van der Waals surface area contributed by atoms with Crippen LogP contribution in [0.4, 0.5) is 0 Å². The van der Waals surface area contributed by atoms with Gasteiger partial charge in [0.2, 0.25) is 11.6 Å². The molecule has 3 heteroatoms. The first kappa shape index (κ1) is 17.5. The Morgan fingerprint density at radius 3 is 2.30 bits per heavy atom. The molecule has 1 N–H and O–H groups in total.